The van der Waals surface area contributed by atoms with Crippen LogP contribution in [0.1, 0.15) is 49.7 Å². The summed E-state index contributed by atoms with van der Waals surface area (Å²) in [7, 11) is -2.62. The number of likely N-dealkylation sites (tertiary alicyclic amines) is 2. The number of aromatic nitrogens is 2. The quantitative estimate of drug-likeness (QED) is 0.152. The van der Waals surface area contributed by atoms with Crippen LogP contribution in [0.5, 0.6) is 17.4 Å². The third-order valence-electron chi connectivity index (χ3n) is 12.1. The van der Waals surface area contributed by atoms with Gasteiger partial charge in [0.1, 0.15) is 29.2 Å². The minimum absolute atomic E-state index is 0.0226. The molecule has 3 amide bonds. The number of amides is 3. The fourth-order valence-electron chi connectivity index (χ4n) is 8.42. The molecule has 19 heteroatoms. The number of benzene rings is 3. The minimum atomic E-state index is -3.99. The van der Waals surface area contributed by atoms with Crippen LogP contribution in [0, 0.1) is 40.7 Å². The van der Waals surface area contributed by atoms with Gasteiger partial charge in [-0.05, 0) is 92.1 Å². The summed E-state index contributed by atoms with van der Waals surface area (Å²) in [6, 6.07) is 13.0. The lowest BCUT2D eigenvalue weighted by atomic mass is 9.89. The zero-order chi connectivity index (χ0) is 43.0. The molecule has 3 N–H and O–H groups in total. The number of ether oxygens (including phenoxy) is 2. The molecule has 3 aromatic carbocycles. The van der Waals surface area contributed by atoms with Crippen LogP contribution in [0.25, 0.3) is 11.0 Å². The van der Waals surface area contributed by atoms with E-state index in [9.17, 15) is 32.5 Å². The summed E-state index contributed by atoms with van der Waals surface area (Å²) in [5, 5.41) is 15.2. The normalized spacial score (nSPS) is 21.8. The van der Waals surface area contributed by atoms with E-state index in [1.54, 1.807) is 25.1 Å². The number of rotatable bonds is 14. The lowest BCUT2D eigenvalue weighted by molar-refractivity contribution is -0.134. The molecule has 3 aliphatic heterocycles. The molecule has 8 rings (SSSR count). The molecule has 1 saturated carbocycles. The van der Waals surface area contributed by atoms with Crippen molar-refractivity contribution in [2.75, 3.05) is 63.0 Å². The van der Waals surface area contributed by atoms with Crippen molar-refractivity contribution >= 4 is 50.3 Å². The average Bonchev–Trinajstić information content (AvgIpc) is 3.68. The fraction of sp³-hybridized carbons (Fsp3) is 0.429. The Labute approximate surface area is 351 Å². The van der Waals surface area contributed by atoms with Crippen LogP contribution in [0.4, 0.5) is 20.2 Å². The van der Waals surface area contributed by atoms with Gasteiger partial charge in [0.15, 0.2) is 11.6 Å². The SMILES string of the molecule is CCN(C)S(=O)(=O)Nc1ccc(F)c(Oc2ccc3ncc(OC[C@@H]4[C@H]5CN(C(=O)CN6CCC(c7ccc(NC8CCC(=O)NC8=O)cc7F)CC6)C[C@@H]45)nc3c2)c1C#N. The minimum Gasteiger partial charge on any atom is -0.476 e. The van der Waals surface area contributed by atoms with Crippen LogP contribution in [0.3, 0.4) is 0 Å². The summed E-state index contributed by atoms with van der Waals surface area (Å²) in [5.41, 5.74) is 1.57. The molecular weight excluding hydrogens is 813 g/mol. The largest absolute Gasteiger partial charge is 0.476 e. The zero-order valence-electron chi connectivity index (χ0n) is 33.6. The smallest absolute Gasteiger partial charge is 0.301 e. The van der Waals surface area contributed by atoms with Gasteiger partial charge in [-0.15, -0.1) is 0 Å². The Kier molecular flexibility index (Phi) is 11.8. The van der Waals surface area contributed by atoms with Gasteiger partial charge in [-0.2, -0.15) is 18.0 Å². The van der Waals surface area contributed by atoms with E-state index >= 15 is 4.39 Å². The molecule has 1 aliphatic carbocycles. The Bertz CT molecular complexity index is 2520. The number of hydrogen-bond donors (Lipinski definition) is 3. The van der Waals surface area contributed by atoms with E-state index in [1.807, 2.05) is 11.0 Å². The van der Waals surface area contributed by atoms with Crippen molar-refractivity contribution < 1.29 is 41.1 Å². The predicted octanol–water partition coefficient (Wildman–Crippen LogP) is 4.36. The number of fused-ring (bicyclic) bond motifs is 2. The number of imide groups is 1. The van der Waals surface area contributed by atoms with Crippen LogP contribution in [0.15, 0.2) is 54.7 Å². The summed E-state index contributed by atoms with van der Waals surface area (Å²) in [4.78, 5) is 49.8. The third kappa shape index (κ3) is 9.06. The highest BCUT2D eigenvalue weighted by atomic mass is 32.2. The van der Waals surface area contributed by atoms with Gasteiger partial charge in [0.25, 0.3) is 0 Å². The maximum atomic E-state index is 15.2. The van der Waals surface area contributed by atoms with Crippen molar-refractivity contribution in [3.63, 3.8) is 0 Å². The van der Waals surface area contributed by atoms with Crippen molar-refractivity contribution in [2.45, 2.75) is 44.6 Å². The molecule has 0 spiro atoms. The number of piperidine rings is 3. The summed E-state index contributed by atoms with van der Waals surface area (Å²) in [6.07, 6.45) is 3.55. The number of halogens is 2. The van der Waals surface area contributed by atoms with E-state index in [4.69, 9.17) is 9.47 Å². The van der Waals surface area contributed by atoms with Crippen LogP contribution in [-0.4, -0.2) is 109 Å². The highest BCUT2D eigenvalue weighted by Gasteiger charge is 2.57. The van der Waals surface area contributed by atoms with Crippen LogP contribution >= 0.6 is 0 Å². The van der Waals surface area contributed by atoms with Gasteiger partial charge in [-0.1, -0.05) is 13.0 Å². The molecule has 0 radical (unpaired) electrons. The van der Waals surface area contributed by atoms with E-state index in [1.165, 1.54) is 31.4 Å². The number of nitrogens with one attached hydrogen (secondary N) is 3. The zero-order valence-corrected chi connectivity index (χ0v) is 34.4. The fourth-order valence-corrected chi connectivity index (χ4v) is 9.36. The standard InChI is InChI=1S/C42H45F2N9O7S/c1-3-51(2)61(57,58)50-34-9-7-32(43)41(28(34)18-45)60-26-5-8-35-37(17-26)48-39(19-46-35)59-23-31-29-20-53(21-30(29)31)40(55)22-52-14-12-24(13-15-52)27-6-4-25(16-33(27)44)47-36-10-11-38(54)49-42(36)56/h4-9,16-17,19,24,29-31,36,47,50H,3,10-15,20-23H2,1-2H3,(H,49,54,56)/t29-,30+,31+,36?. The number of hydrogen-bond acceptors (Lipinski definition) is 12. The molecule has 320 valence electrons. The maximum absolute atomic E-state index is 15.2. The van der Waals surface area contributed by atoms with E-state index in [0.717, 1.165) is 29.3 Å². The molecule has 3 saturated heterocycles. The summed E-state index contributed by atoms with van der Waals surface area (Å²) in [6.45, 7) is 5.20. The molecule has 16 nitrogen and oxygen atoms in total. The topological polar surface area (TPSA) is 199 Å². The molecule has 4 aliphatic rings. The van der Waals surface area contributed by atoms with Gasteiger partial charge in [-0.3, -0.25) is 29.3 Å². The second-order valence-corrected chi connectivity index (χ2v) is 17.7. The highest BCUT2D eigenvalue weighted by Crippen LogP contribution is 2.51. The van der Waals surface area contributed by atoms with Gasteiger partial charge in [-0.25, -0.2) is 18.7 Å². The Hall–Kier alpha value is -5.97. The molecular formula is C42H45F2N9O7S. The van der Waals surface area contributed by atoms with Gasteiger partial charge >= 0.3 is 10.2 Å². The van der Waals surface area contributed by atoms with Gasteiger partial charge < -0.3 is 19.7 Å². The molecule has 0 bridgehead atoms. The Morgan fingerprint density at radius 2 is 1.80 bits per heavy atom. The van der Waals surface area contributed by atoms with Gasteiger partial charge in [0.05, 0.1) is 36.1 Å². The number of anilines is 2. The number of carbonyl (C=O) groups is 3. The predicted molar refractivity (Wildman–Crippen MR) is 219 cm³/mol. The summed E-state index contributed by atoms with van der Waals surface area (Å²) < 4.78 is 70.6. The number of nitriles is 1. The van der Waals surface area contributed by atoms with Crippen molar-refractivity contribution in [1.82, 2.24) is 29.4 Å². The molecule has 61 heavy (non-hydrogen) atoms. The Morgan fingerprint density at radius 3 is 2.51 bits per heavy atom. The Morgan fingerprint density at radius 1 is 1.03 bits per heavy atom. The van der Waals surface area contributed by atoms with E-state index in [-0.39, 0.29) is 65.3 Å². The Balaban J connectivity index is 0.797. The number of carbonyl (C=O) groups excluding carboxylic acids is 3. The second kappa shape index (κ2) is 17.2. The van der Waals surface area contributed by atoms with Crippen molar-refractivity contribution in [1.29, 1.82) is 5.26 Å². The first-order chi connectivity index (χ1) is 29.3. The molecule has 1 unspecified atom stereocenters. The summed E-state index contributed by atoms with van der Waals surface area (Å²) >= 11 is 0. The highest BCUT2D eigenvalue weighted by molar-refractivity contribution is 7.90. The first kappa shape index (κ1) is 41.8. The lowest BCUT2D eigenvalue weighted by Crippen LogP contribution is -2.47. The average molecular weight is 858 g/mol. The van der Waals surface area contributed by atoms with Crippen LogP contribution in [0.2, 0.25) is 0 Å². The number of nitrogens with zero attached hydrogens (tertiary/aromatic N) is 6. The molecule has 4 atom stereocenters. The first-order valence-electron chi connectivity index (χ1n) is 20.2. The van der Waals surface area contributed by atoms with Gasteiger partial charge in [0.2, 0.25) is 23.6 Å². The van der Waals surface area contributed by atoms with Crippen molar-refractivity contribution in [3.05, 3.63) is 77.5 Å². The molecule has 4 fully saturated rings. The van der Waals surface area contributed by atoms with Crippen LogP contribution < -0.4 is 24.8 Å². The monoisotopic (exact) mass is 857 g/mol. The third-order valence-corrected chi connectivity index (χ3v) is 13.7. The molecule has 4 heterocycles. The first-order valence-corrected chi connectivity index (χ1v) is 21.7. The van der Waals surface area contributed by atoms with Crippen molar-refractivity contribution in [2.24, 2.45) is 17.8 Å². The van der Waals surface area contributed by atoms with E-state index in [0.29, 0.717) is 79.9 Å². The maximum Gasteiger partial charge on any atom is 0.301 e. The molecule has 4 aromatic rings. The summed E-state index contributed by atoms with van der Waals surface area (Å²) in [5.74, 6) is -0.912. The second-order valence-electron chi connectivity index (χ2n) is 15.9. The van der Waals surface area contributed by atoms with Crippen LogP contribution in [-0.2, 0) is 24.6 Å². The van der Waals surface area contributed by atoms with Crippen molar-refractivity contribution in [3.8, 4) is 23.4 Å². The van der Waals surface area contributed by atoms with E-state index < -0.39 is 33.7 Å². The molecule has 1 aromatic heterocycles. The van der Waals surface area contributed by atoms with E-state index in [2.05, 4.69) is 30.2 Å². The van der Waals surface area contributed by atoms with Gasteiger partial charge in [0, 0.05) is 50.8 Å². The lowest BCUT2D eigenvalue weighted by Gasteiger charge is -2.33.